The third-order valence-electron chi connectivity index (χ3n) is 4.36. The van der Waals surface area contributed by atoms with Crippen molar-refractivity contribution < 1.29 is 4.79 Å². The van der Waals surface area contributed by atoms with Crippen LogP contribution in [0.3, 0.4) is 0 Å². The molecule has 1 fully saturated rings. The van der Waals surface area contributed by atoms with Gasteiger partial charge in [0.1, 0.15) is 11.6 Å². The lowest BCUT2D eigenvalue weighted by molar-refractivity contribution is -0.125. The number of likely N-dealkylation sites (N-methyl/N-ethyl adjacent to an activating group) is 1. The molecule has 0 spiro atoms. The van der Waals surface area contributed by atoms with E-state index in [-0.39, 0.29) is 11.8 Å². The van der Waals surface area contributed by atoms with E-state index in [1.165, 1.54) is 0 Å². The van der Waals surface area contributed by atoms with Gasteiger partial charge in [-0.3, -0.25) is 4.79 Å². The van der Waals surface area contributed by atoms with Crippen LogP contribution in [-0.2, 0) is 4.79 Å². The van der Waals surface area contributed by atoms with Crippen molar-refractivity contribution in [3.05, 3.63) is 40.8 Å². The highest BCUT2D eigenvalue weighted by Gasteiger charge is 2.27. The molecule has 2 aromatic heterocycles. The van der Waals surface area contributed by atoms with E-state index in [1.807, 2.05) is 56.1 Å². The molecule has 3 rings (SSSR count). The summed E-state index contributed by atoms with van der Waals surface area (Å²) in [5.41, 5.74) is 0.978. The molecule has 0 aromatic carbocycles. The maximum absolute atomic E-state index is 12.3. The average molecular weight is 387 g/mol. The number of amides is 1. The normalized spacial score (nSPS) is 17.2. The number of aryl methyl sites for hydroxylation is 2. The Bertz CT molecular complexity index is 831. The predicted octanol–water partition coefficient (Wildman–Crippen LogP) is 2.73. The molecule has 144 valence electrons. The summed E-state index contributed by atoms with van der Waals surface area (Å²) in [5, 5.41) is 4.09. The maximum Gasteiger partial charge on any atom is 0.246 e. The highest BCUT2D eigenvalue weighted by Crippen LogP contribution is 2.28. The molecule has 0 radical (unpaired) electrons. The van der Waals surface area contributed by atoms with Crippen LogP contribution in [0.4, 0.5) is 10.9 Å². The van der Waals surface area contributed by atoms with Gasteiger partial charge in [0, 0.05) is 48.8 Å². The molecule has 1 amide bonds. The Morgan fingerprint density at radius 3 is 2.93 bits per heavy atom. The molecular weight excluding hydrogens is 360 g/mol. The molecule has 1 atom stereocenters. The van der Waals surface area contributed by atoms with Crippen molar-refractivity contribution in [1.29, 1.82) is 0 Å². The first-order valence-corrected chi connectivity index (χ1v) is 9.87. The molecule has 27 heavy (non-hydrogen) atoms. The van der Waals surface area contributed by atoms with Gasteiger partial charge in [-0.05, 0) is 34.4 Å². The fourth-order valence-electron chi connectivity index (χ4n) is 3.06. The van der Waals surface area contributed by atoms with Gasteiger partial charge in [-0.25, -0.2) is 15.0 Å². The van der Waals surface area contributed by atoms with Crippen LogP contribution in [0.2, 0.25) is 0 Å². The monoisotopic (exact) mass is 386 g/mol. The quantitative estimate of drug-likeness (QED) is 0.770. The van der Waals surface area contributed by atoms with E-state index >= 15 is 0 Å². The van der Waals surface area contributed by atoms with Gasteiger partial charge in [-0.2, -0.15) is 0 Å². The zero-order valence-electron chi connectivity index (χ0n) is 16.3. The standard InChI is InChI=1S/C19H26N6OS/c1-13-11-20-19(27-13)23-17-10-16(21-14(2)22-17)15-7-9-25(12-15)18(26)6-5-8-24(3)4/h5-6,10-11,15H,7-9,12H2,1-4H3,(H,20,21,22,23)/b6-5+. The van der Waals surface area contributed by atoms with Crippen LogP contribution < -0.4 is 5.32 Å². The van der Waals surface area contributed by atoms with E-state index in [0.29, 0.717) is 6.54 Å². The number of nitrogens with zero attached hydrogens (tertiary/aromatic N) is 5. The lowest BCUT2D eigenvalue weighted by atomic mass is 10.0. The molecule has 3 heterocycles. The topological polar surface area (TPSA) is 74.2 Å². The number of carbonyl (C=O) groups is 1. The summed E-state index contributed by atoms with van der Waals surface area (Å²) in [5.74, 6) is 1.78. The Hall–Kier alpha value is -2.32. The van der Waals surface area contributed by atoms with Crippen LogP contribution in [0.1, 0.15) is 28.7 Å². The molecule has 8 heteroatoms. The number of nitrogens with one attached hydrogen (secondary N) is 1. The number of hydrogen-bond acceptors (Lipinski definition) is 7. The van der Waals surface area contributed by atoms with Crippen LogP contribution in [0.5, 0.6) is 0 Å². The SMILES string of the molecule is Cc1nc(Nc2ncc(C)s2)cc(C2CCN(C(=O)/C=C/CN(C)C)C2)n1. The first kappa shape index (κ1) is 19.4. The highest BCUT2D eigenvalue weighted by atomic mass is 32.1. The second kappa shape index (κ2) is 8.58. The molecule has 0 saturated carbocycles. The van der Waals surface area contributed by atoms with Crippen LogP contribution >= 0.6 is 11.3 Å². The minimum Gasteiger partial charge on any atom is -0.338 e. The van der Waals surface area contributed by atoms with Gasteiger partial charge in [0.05, 0.1) is 5.69 Å². The molecule has 1 saturated heterocycles. The smallest absolute Gasteiger partial charge is 0.246 e. The van der Waals surface area contributed by atoms with E-state index in [1.54, 1.807) is 17.4 Å². The van der Waals surface area contributed by atoms with Gasteiger partial charge in [-0.15, -0.1) is 11.3 Å². The van der Waals surface area contributed by atoms with Crippen molar-refractivity contribution in [2.45, 2.75) is 26.2 Å². The van der Waals surface area contributed by atoms with Crippen molar-refractivity contribution in [2.75, 3.05) is 39.0 Å². The van der Waals surface area contributed by atoms with Crippen molar-refractivity contribution in [3.63, 3.8) is 0 Å². The number of rotatable bonds is 6. The Labute approximate surface area is 164 Å². The average Bonchev–Trinajstić information content (AvgIpc) is 3.23. The Morgan fingerprint density at radius 1 is 1.41 bits per heavy atom. The van der Waals surface area contributed by atoms with E-state index < -0.39 is 0 Å². The van der Waals surface area contributed by atoms with Crippen LogP contribution in [0, 0.1) is 13.8 Å². The molecule has 7 nitrogen and oxygen atoms in total. The Kier molecular flexibility index (Phi) is 6.18. The first-order valence-electron chi connectivity index (χ1n) is 9.06. The molecule has 0 bridgehead atoms. The van der Waals surface area contributed by atoms with E-state index in [0.717, 1.165) is 46.9 Å². The fourth-order valence-corrected chi connectivity index (χ4v) is 3.73. The Morgan fingerprint density at radius 2 is 2.22 bits per heavy atom. The van der Waals surface area contributed by atoms with Gasteiger partial charge in [0.25, 0.3) is 0 Å². The van der Waals surface area contributed by atoms with Crippen molar-refractivity contribution >= 4 is 28.2 Å². The second-order valence-corrected chi connectivity index (χ2v) is 8.30. The van der Waals surface area contributed by atoms with Crippen molar-refractivity contribution in [1.82, 2.24) is 24.8 Å². The summed E-state index contributed by atoms with van der Waals surface area (Å²) in [6.07, 6.45) is 6.33. The Balaban J connectivity index is 1.66. The minimum absolute atomic E-state index is 0.0711. The summed E-state index contributed by atoms with van der Waals surface area (Å²) in [4.78, 5) is 30.8. The largest absolute Gasteiger partial charge is 0.338 e. The van der Waals surface area contributed by atoms with E-state index in [4.69, 9.17) is 0 Å². The number of hydrogen-bond donors (Lipinski definition) is 1. The molecule has 1 N–H and O–H groups in total. The molecule has 1 unspecified atom stereocenters. The summed E-state index contributed by atoms with van der Waals surface area (Å²) in [6, 6.07) is 1.98. The molecule has 1 aliphatic rings. The van der Waals surface area contributed by atoms with E-state index in [9.17, 15) is 4.79 Å². The van der Waals surface area contributed by atoms with Crippen LogP contribution in [0.25, 0.3) is 0 Å². The van der Waals surface area contributed by atoms with Gasteiger partial charge < -0.3 is 15.1 Å². The molecular formula is C19H26N6OS. The van der Waals surface area contributed by atoms with Gasteiger partial charge >= 0.3 is 0 Å². The zero-order valence-corrected chi connectivity index (χ0v) is 17.1. The summed E-state index contributed by atoms with van der Waals surface area (Å²) in [7, 11) is 3.97. The van der Waals surface area contributed by atoms with Gasteiger partial charge in [0.15, 0.2) is 5.13 Å². The van der Waals surface area contributed by atoms with Crippen molar-refractivity contribution in [3.8, 4) is 0 Å². The lowest BCUT2D eigenvalue weighted by Crippen LogP contribution is -2.27. The number of carbonyl (C=O) groups excluding carboxylic acids is 1. The highest BCUT2D eigenvalue weighted by molar-refractivity contribution is 7.15. The van der Waals surface area contributed by atoms with E-state index in [2.05, 4.69) is 20.3 Å². The molecule has 2 aromatic rings. The second-order valence-electron chi connectivity index (χ2n) is 7.06. The zero-order chi connectivity index (χ0) is 19.4. The van der Waals surface area contributed by atoms with Crippen LogP contribution in [-0.4, -0.2) is 64.4 Å². The van der Waals surface area contributed by atoms with Crippen LogP contribution in [0.15, 0.2) is 24.4 Å². The summed E-state index contributed by atoms with van der Waals surface area (Å²) in [6.45, 7) is 6.13. The molecule has 1 aliphatic heterocycles. The number of thiazole rings is 1. The van der Waals surface area contributed by atoms with Crippen molar-refractivity contribution in [2.24, 2.45) is 0 Å². The number of anilines is 2. The predicted molar refractivity (Wildman–Crippen MR) is 109 cm³/mol. The fraction of sp³-hybridized carbons (Fsp3) is 0.474. The lowest BCUT2D eigenvalue weighted by Gasteiger charge is -2.15. The number of aromatic nitrogens is 3. The number of likely N-dealkylation sites (tertiary alicyclic amines) is 1. The summed E-state index contributed by atoms with van der Waals surface area (Å²) < 4.78 is 0. The summed E-state index contributed by atoms with van der Waals surface area (Å²) >= 11 is 1.59. The third kappa shape index (κ3) is 5.33. The first-order chi connectivity index (χ1) is 12.9. The van der Waals surface area contributed by atoms with Gasteiger partial charge in [-0.1, -0.05) is 6.08 Å². The third-order valence-corrected chi connectivity index (χ3v) is 5.19. The maximum atomic E-state index is 12.3. The molecule has 0 aliphatic carbocycles. The van der Waals surface area contributed by atoms with Gasteiger partial charge in [0.2, 0.25) is 5.91 Å². The minimum atomic E-state index is 0.0711.